The summed E-state index contributed by atoms with van der Waals surface area (Å²) in [7, 11) is 0. The molecule has 3 heteroatoms. The molecule has 118 valence electrons. The zero-order valence-corrected chi connectivity index (χ0v) is 14.1. The van der Waals surface area contributed by atoms with E-state index in [0.29, 0.717) is 18.1 Å². The van der Waals surface area contributed by atoms with Gasteiger partial charge >= 0.3 is 0 Å². The van der Waals surface area contributed by atoms with Crippen LogP contribution in [0, 0.1) is 0 Å². The molecule has 20 heavy (non-hydrogen) atoms. The predicted octanol–water partition coefficient (Wildman–Crippen LogP) is 2.71. The van der Waals surface area contributed by atoms with Crippen molar-refractivity contribution in [3.8, 4) is 0 Å². The van der Waals surface area contributed by atoms with Gasteiger partial charge in [0.2, 0.25) is 0 Å². The summed E-state index contributed by atoms with van der Waals surface area (Å²) in [5, 5.41) is 3.72. The van der Waals surface area contributed by atoms with Crippen LogP contribution in [-0.4, -0.2) is 60.1 Å². The van der Waals surface area contributed by atoms with E-state index in [-0.39, 0.29) is 0 Å². The van der Waals surface area contributed by atoms with Gasteiger partial charge in [-0.3, -0.25) is 9.80 Å². The summed E-state index contributed by atoms with van der Waals surface area (Å²) in [6, 6.07) is 2.86. The van der Waals surface area contributed by atoms with Crippen molar-refractivity contribution in [2.24, 2.45) is 0 Å². The third-order valence-corrected chi connectivity index (χ3v) is 5.29. The largest absolute Gasteiger partial charge is 0.313 e. The molecule has 4 unspecified atom stereocenters. The molecule has 2 aliphatic heterocycles. The standard InChI is InChI=1S/C17H35N3/c1-5-8-14(2)18-11-15(3)20-13-17-9-6-7-10-19(17)12-16(20)4/h14-18H,5-13H2,1-4H3. The molecule has 2 heterocycles. The lowest BCUT2D eigenvalue weighted by Crippen LogP contribution is -2.61. The first-order valence-electron chi connectivity index (χ1n) is 8.85. The van der Waals surface area contributed by atoms with E-state index in [0.717, 1.165) is 12.6 Å². The maximum absolute atomic E-state index is 3.72. The van der Waals surface area contributed by atoms with Crippen molar-refractivity contribution in [2.45, 2.75) is 84.0 Å². The van der Waals surface area contributed by atoms with Crippen LogP contribution in [0.1, 0.15) is 59.8 Å². The first-order valence-corrected chi connectivity index (χ1v) is 8.85. The first kappa shape index (κ1) is 16.3. The molecule has 0 aromatic carbocycles. The molecule has 0 aliphatic carbocycles. The van der Waals surface area contributed by atoms with E-state index >= 15 is 0 Å². The summed E-state index contributed by atoms with van der Waals surface area (Å²) in [5.41, 5.74) is 0. The quantitative estimate of drug-likeness (QED) is 0.807. The van der Waals surface area contributed by atoms with E-state index in [1.165, 1.54) is 51.7 Å². The van der Waals surface area contributed by atoms with Crippen LogP contribution in [-0.2, 0) is 0 Å². The van der Waals surface area contributed by atoms with Crippen molar-refractivity contribution in [2.75, 3.05) is 26.2 Å². The van der Waals surface area contributed by atoms with E-state index in [2.05, 4.69) is 42.8 Å². The highest BCUT2D eigenvalue weighted by atomic mass is 15.3. The van der Waals surface area contributed by atoms with Crippen LogP contribution in [0.4, 0.5) is 0 Å². The fraction of sp³-hybridized carbons (Fsp3) is 1.00. The van der Waals surface area contributed by atoms with Gasteiger partial charge in [0.15, 0.2) is 0 Å². The highest BCUT2D eigenvalue weighted by Gasteiger charge is 2.34. The van der Waals surface area contributed by atoms with Crippen molar-refractivity contribution < 1.29 is 0 Å². The van der Waals surface area contributed by atoms with Gasteiger partial charge < -0.3 is 5.32 Å². The van der Waals surface area contributed by atoms with Gasteiger partial charge in [0.1, 0.15) is 0 Å². The number of piperazine rings is 1. The number of nitrogens with one attached hydrogen (secondary N) is 1. The number of hydrogen-bond donors (Lipinski definition) is 1. The van der Waals surface area contributed by atoms with Crippen LogP contribution < -0.4 is 5.32 Å². The molecule has 0 aromatic heterocycles. The van der Waals surface area contributed by atoms with Gasteiger partial charge in [-0.25, -0.2) is 0 Å². The lowest BCUT2D eigenvalue weighted by atomic mass is 9.96. The second kappa shape index (κ2) is 7.77. The molecule has 4 atom stereocenters. The van der Waals surface area contributed by atoms with Crippen LogP contribution in [0.3, 0.4) is 0 Å². The second-order valence-electron chi connectivity index (χ2n) is 7.14. The van der Waals surface area contributed by atoms with Gasteiger partial charge in [0.25, 0.3) is 0 Å². The minimum Gasteiger partial charge on any atom is -0.313 e. The summed E-state index contributed by atoms with van der Waals surface area (Å²) in [4.78, 5) is 5.49. The van der Waals surface area contributed by atoms with Crippen molar-refractivity contribution in [1.29, 1.82) is 0 Å². The monoisotopic (exact) mass is 281 g/mol. The van der Waals surface area contributed by atoms with Gasteiger partial charge in [0, 0.05) is 43.8 Å². The van der Waals surface area contributed by atoms with Crippen molar-refractivity contribution in [3.63, 3.8) is 0 Å². The minimum absolute atomic E-state index is 0.661. The topological polar surface area (TPSA) is 18.5 Å². The molecule has 3 nitrogen and oxygen atoms in total. The fourth-order valence-electron chi connectivity index (χ4n) is 4.01. The van der Waals surface area contributed by atoms with Crippen LogP contribution >= 0.6 is 0 Å². The summed E-state index contributed by atoms with van der Waals surface area (Å²) in [5.74, 6) is 0. The molecule has 0 radical (unpaired) electrons. The Morgan fingerprint density at radius 2 is 2.00 bits per heavy atom. The molecule has 0 saturated carbocycles. The maximum atomic E-state index is 3.72. The number of fused-ring (bicyclic) bond motifs is 1. The number of rotatable bonds is 6. The van der Waals surface area contributed by atoms with Gasteiger partial charge in [-0.05, 0) is 46.6 Å². The Morgan fingerprint density at radius 1 is 1.20 bits per heavy atom. The van der Waals surface area contributed by atoms with E-state index in [9.17, 15) is 0 Å². The van der Waals surface area contributed by atoms with E-state index in [1.54, 1.807) is 0 Å². The highest BCUT2D eigenvalue weighted by molar-refractivity contribution is 4.91. The first-order chi connectivity index (χ1) is 9.61. The molecule has 2 aliphatic rings. The van der Waals surface area contributed by atoms with Gasteiger partial charge in [-0.1, -0.05) is 19.8 Å². The predicted molar refractivity (Wildman–Crippen MR) is 87.2 cm³/mol. The summed E-state index contributed by atoms with van der Waals surface area (Å²) < 4.78 is 0. The summed E-state index contributed by atoms with van der Waals surface area (Å²) in [6.07, 6.45) is 6.83. The SMILES string of the molecule is CCCC(C)NCC(C)N1CC2CCCCN2CC1C. The Bertz CT molecular complexity index is 281. The Kier molecular flexibility index (Phi) is 6.31. The minimum atomic E-state index is 0.661. The molecular formula is C17H35N3. The molecule has 2 rings (SSSR count). The molecule has 0 bridgehead atoms. The molecule has 0 spiro atoms. The van der Waals surface area contributed by atoms with E-state index in [4.69, 9.17) is 0 Å². The normalized spacial score (nSPS) is 31.8. The zero-order chi connectivity index (χ0) is 14.5. The summed E-state index contributed by atoms with van der Waals surface area (Å²) >= 11 is 0. The number of nitrogens with zero attached hydrogens (tertiary/aromatic N) is 2. The Hall–Kier alpha value is -0.120. The lowest BCUT2D eigenvalue weighted by Gasteiger charge is -2.49. The molecule has 2 saturated heterocycles. The van der Waals surface area contributed by atoms with Crippen LogP contribution in [0.2, 0.25) is 0 Å². The number of hydrogen-bond acceptors (Lipinski definition) is 3. The van der Waals surface area contributed by atoms with Gasteiger partial charge in [0.05, 0.1) is 0 Å². The van der Waals surface area contributed by atoms with E-state index < -0.39 is 0 Å². The number of piperidine rings is 1. The molecule has 1 N–H and O–H groups in total. The molecule has 0 aromatic rings. The fourth-order valence-corrected chi connectivity index (χ4v) is 4.01. The lowest BCUT2D eigenvalue weighted by molar-refractivity contribution is -0.00415. The van der Waals surface area contributed by atoms with Crippen LogP contribution in [0.15, 0.2) is 0 Å². The van der Waals surface area contributed by atoms with Crippen molar-refractivity contribution in [3.05, 3.63) is 0 Å². The average Bonchev–Trinajstić information content (AvgIpc) is 2.44. The molecule has 0 amide bonds. The Labute approximate surface area is 126 Å². The van der Waals surface area contributed by atoms with Gasteiger partial charge in [-0.15, -0.1) is 0 Å². The van der Waals surface area contributed by atoms with E-state index in [1.807, 2.05) is 0 Å². The molecule has 2 fully saturated rings. The summed E-state index contributed by atoms with van der Waals surface area (Å²) in [6.45, 7) is 14.4. The third kappa shape index (κ3) is 4.19. The zero-order valence-electron chi connectivity index (χ0n) is 14.1. The average molecular weight is 281 g/mol. The molecular weight excluding hydrogens is 246 g/mol. The van der Waals surface area contributed by atoms with Crippen LogP contribution in [0.25, 0.3) is 0 Å². The van der Waals surface area contributed by atoms with Crippen LogP contribution in [0.5, 0.6) is 0 Å². The van der Waals surface area contributed by atoms with Gasteiger partial charge in [-0.2, -0.15) is 0 Å². The maximum Gasteiger partial charge on any atom is 0.0224 e. The van der Waals surface area contributed by atoms with Crippen molar-refractivity contribution in [1.82, 2.24) is 15.1 Å². The Balaban J connectivity index is 1.81. The highest BCUT2D eigenvalue weighted by Crippen LogP contribution is 2.25. The Morgan fingerprint density at radius 3 is 2.75 bits per heavy atom. The van der Waals surface area contributed by atoms with Crippen molar-refractivity contribution >= 4 is 0 Å². The third-order valence-electron chi connectivity index (χ3n) is 5.29. The second-order valence-corrected chi connectivity index (χ2v) is 7.14. The smallest absolute Gasteiger partial charge is 0.0224 e.